The minimum Gasteiger partial charge on any atom is -0.453 e. The maximum atomic E-state index is 16.0. The minimum absolute atomic E-state index is 0.231. The fourth-order valence-electron chi connectivity index (χ4n) is 26.8. The Morgan fingerprint density at radius 2 is 0.595 bits per heavy atom. The first-order chi connectivity index (χ1) is 39.2. The number of hydrogen-bond acceptors (Lipinski definition) is 2. The molecule has 1 atom stereocenters. The number of carbonyl (C=O) groups excluding carboxylic acids is 1. The van der Waals surface area contributed by atoms with E-state index in [1.54, 1.807) is 280 Å². The van der Waals surface area contributed by atoms with Gasteiger partial charge in [0.05, 0.1) is 11.0 Å². The van der Waals surface area contributed by atoms with Crippen LogP contribution in [0.3, 0.4) is 0 Å². The highest BCUT2D eigenvalue weighted by atomic mass is 16.5. The monoisotopic (exact) mass is 970 g/mol. The number of hydrogen-bond donors (Lipinski definition) is 0. The molecule has 2 spiro atoms. The summed E-state index contributed by atoms with van der Waals surface area (Å²) in [7, 11) is 0. The summed E-state index contributed by atoms with van der Waals surface area (Å²) in [5.74, 6) is -0.231. The molecule has 1 unspecified atom stereocenters. The molecule has 0 N–H and O–H groups in total. The second-order valence-electron chi connectivity index (χ2n) is 28.0. The van der Waals surface area contributed by atoms with Crippen LogP contribution < -0.4 is 0 Å². The van der Waals surface area contributed by atoms with E-state index >= 15 is 4.79 Å². The Hall–Kier alpha value is -9.89. The second-order valence-corrected chi connectivity index (χ2v) is 28.0. The maximum Gasteiger partial charge on any atom is 0.338 e. The van der Waals surface area contributed by atoms with E-state index < -0.39 is 16.9 Å². The Balaban J connectivity index is 1.04. The van der Waals surface area contributed by atoms with Crippen LogP contribution >= 0.6 is 0 Å². The lowest BCUT2D eigenvalue weighted by Crippen LogP contribution is -2.59. The molecule has 0 aliphatic heterocycles. The van der Waals surface area contributed by atoms with Gasteiger partial charge in [-0.25, -0.2) is 4.79 Å². The van der Waals surface area contributed by atoms with Crippen LogP contribution in [0.1, 0.15) is 55.4 Å². The summed E-state index contributed by atoms with van der Waals surface area (Å²) in [5.41, 5.74) is 9.07. The van der Waals surface area contributed by atoms with E-state index in [4.69, 9.17) is 4.74 Å². The molecule has 0 fully saturated rings. The Morgan fingerprint density at radius 1 is 0.342 bits per heavy atom. The number of rotatable bonds is 3. The smallest absolute Gasteiger partial charge is 0.338 e. The zero-order valence-electron chi connectivity index (χ0n) is 40.5. The van der Waals surface area contributed by atoms with Gasteiger partial charge >= 0.3 is 5.97 Å². The van der Waals surface area contributed by atoms with E-state index in [0.717, 1.165) is 12.0 Å². The normalized spacial score (nSPS) is 21.9. The Kier molecular flexibility index (Phi) is 2.84. The van der Waals surface area contributed by atoms with Crippen molar-refractivity contribution in [3.8, 4) is 0 Å². The van der Waals surface area contributed by atoms with Crippen LogP contribution in [0.4, 0.5) is 0 Å². The molecular formula is C77H14O2. The summed E-state index contributed by atoms with van der Waals surface area (Å²) in [5, 5.41) is 85.5. The molecular weight excluding hydrogens is 957 g/mol. The molecule has 334 valence electrons. The second kappa shape index (κ2) is 7.29. The molecule has 5 aliphatic rings. The average Bonchev–Trinajstić information content (AvgIpc) is 1.83. The maximum absolute atomic E-state index is 16.0. The van der Waals surface area contributed by atoms with Gasteiger partial charge in [0.15, 0.2) is 0 Å². The lowest BCUT2D eigenvalue weighted by molar-refractivity contribution is -0.00557. The van der Waals surface area contributed by atoms with E-state index in [2.05, 4.69) is 30.8 Å². The summed E-state index contributed by atoms with van der Waals surface area (Å²) < 4.78 is 7.92. The van der Waals surface area contributed by atoms with Crippen molar-refractivity contribution in [3.63, 3.8) is 0 Å². The molecule has 0 bridgehead atoms. The predicted molar refractivity (Wildman–Crippen MR) is 329 cm³/mol. The van der Waals surface area contributed by atoms with Crippen LogP contribution in [-0.4, -0.2) is 5.97 Å². The third-order valence-electron chi connectivity index (χ3n) is 27.4. The van der Waals surface area contributed by atoms with Crippen molar-refractivity contribution in [3.05, 3.63) is 99.6 Å². The van der Waals surface area contributed by atoms with Crippen molar-refractivity contribution in [2.24, 2.45) is 0 Å². The van der Waals surface area contributed by atoms with Gasteiger partial charge < -0.3 is 4.74 Å². The summed E-state index contributed by atoms with van der Waals surface area (Å²) >= 11 is 0. The molecule has 0 heterocycles. The minimum atomic E-state index is -0.760. The van der Waals surface area contributed by atoms with Gasteiger partial charge in [-0.05, 0) is 348 Å². The molecule has 2 nitrogen and oxygen atoms in total. The third-order valence-corrected chi connectivity index (χ3v) is 27.4. The van der Waals surface area contributed by atoms with E-state index in [1.165, 1.54) is 43.8 Å². The van der Waals surface area contributed by atoms with Crippen molar-refractivity contribution in [2.45, 2.75) is 23.4 Å². The first-order valence-electron chi connectivity index (χ1n) is 29.0. The van der Waals surface area contributed by atoms with E-state index in [0.29, 0.717) is 5.56 Å². The van der Waals surface area contributed by atoms with Gasteiger partial charge in [0.1, 0.15) is 6.10 Å². The Morgan fingerprint density at radius 3 is 0.873 bits per heavy atom. The van der Waals surface area contributed by atoms with E-state index in [9.17, 15) is 0 Å². The van der Waals surface area contributed by atoms with Gasteiger partial charge in [0, 0.05) is 5.41 Å². The van der Waals surface area contributed by atoms with Crippen molar-refractivity contribution in [2.75, 3.05) is 0 Å². The highest BCUT2D eigenvalue weighted by Gasteiger charge is 2.74. The largest absolute Gasteiger partial charge is 0.453 e. The summed E-state index contributed by atoms with van der Waals surface area (Å²) in [6, 6.07) is 17.4. The number of esters is 1. The van der Waals surface area contributed by atoms with Crippen molar-refractivity contribution >= 4 is 303 Å². The quantitative estimate of drug-likeness (QED) is 0.130. The molecule has 30 aromatic carbocycles. The Bertz CT molecular complexity index is 7800. The molecule has 2 heteroatoms. The van der Waals surface area contributed by atoms with Crippen molar-refractivity contribution in [1.82, 2.24) is 0 Å². The van der Waals surface area contributed by atoms with Crippen LogP contribution in [0.2, 0.25) is 0 Å². The van der Waals surface area contributed by atoms with E-state index in [1.807, 2.05) is 30.3 Å². The fourth-order valence-corrected chi connectivity index (χ4v) is 26.8. The van der Waals surface area contributed by atoms with Gasteiger partial charge in [0.2, 0.25) is 0 Å². The predicted octanol–water partition coefficient (Wildman–Crippen LogP) is 20.1. The van der Waals surface area contributed by atoms with E-state index in [-0.39, 0.29) is 5.97 Å². The molecule has 30 aromatic rings. The van der Waals surface area contributed by atoms with Crippen molar-refractivity contribution in [1.29, 1.82) is 0 Å². The summed E-state index contributed by atoms with van der Waals surface area (Å²) in [4.78, 5) is 16.0. The molecule has 0 saturated carbocycles. The molecule has 0 aromatic heterocycles. The molecule has 0 radical (unpaired) electrons. The van der Waals surface area contributed by atoms with Gasteiger partial charge in [-0.3, -0.25) is 0 Å². The number of carbonyl (C=O) groups is 1. The zero-order valence-corrected chi connectivity index (χ0v) is 40.5. The van der Waals surface area contributed by atoms with Gasteiger partial charge in [-0.1, -0.05) is 49.1 Å². The Labute approximate surface area is 432 Å². The summed E-state index contributed by atoms with van der Waals surface area (Å²) in [6.45, 7) is 4.09. The standard InChI is InChI=1S/C77H14O2/c1-2-12-7-9-13(10-8-12)75(78)79-74-15-6-4-3-5-14(15)11-76-70-62-54-44-34-26-18-16-17-20-24-22(18)30-38-32(24)42-36-28(20)29-21(17)25-23-19(16)27(26)35-41-31(23)39-33(25)43-37(29)47-46(36)58-52(42)60-50(38)56(48(54)40(30)34)64(70)66(60)72-68(58)69-59(47)53(43)61-51(39)57-49(41)55(45(35)44)63(62)71(76)65(57)67(61)73(69)77(72,74)76/h2-10,74H,1,11H2. The lowest BCUT2D eigenvalue weighted by atomic mass is 9.42. The molecule has 0 amide bonds. The zero-order chi connectivity index (χ0) is 47.7. The van der Waals surface area contributed by atoms with Crippen LogP contribution in [-0.2, 0) is 22.0 Å². The third kappa shape index (κ3) is 1.78. The number of fused-ring (bicyclic) bond motifs is 1. The first kappa shape index (κ1) is 30.7. The fraction of sp³-hybridized carbons (Fsp3) is 0.0519. The van der Waals surface area contributed by atoms with Gasteiger partial charge in [-0.15, -0.1) is 0 Å². The van der Waals surface area contributed by atoms with Crippen LogP contribution in [0.15, 0.2) is 55.1 Å². The van der Waals surface area contributed by atoms with Gasteiger partial charge in [0.25, 0.3) is 0 Å². The first-order valence-corrected chi connectivity index (χ1v) is 29.0. The van der Waals surface area contributed by atoms with Gasteiger partial charge in [-0.2, -0.15) is 0 Å². The average molecular weight is 971 g/mol. The topological polar surface area (TPSA) is 26.3 Å². The molecule has 0 saturated heterocycles. The van der Waals surface area contributed by atoms with Crippen LogP contribution in [0, 0.1) is 0 Å². The molecule has 5 aliphatic carbocycles. The highest BCUT2D eigenvalue weighted by Crippen LogP contribution is 2.87. The van der Waals surface area contributed by atoms with Crippen molar-refractivity contribution < 1.29 is 9.53 Å². The highest BCUT2D eigenvalue weighted by molar-refractivity contribution is 6.82. The van der Waals surface area contributed by atoms with Crippen LogP contribution in [0.25, 0.3) is 297 Å². The van der Waals surface area contributed by atoms with Crippen LogP contribution in [0.5, 0.6) is 0 Å². The number of benzene rings is 20. The number of ether oxygens (including phenoxy) is 1. The molecule has 35 rings (SSSR count). The SMILES string of the molecule is C=Cc1ccc(C(=O)OC2c3ccccc3CC34c5c6c7c8c9c%10c(c%11c%12c3c3c5c5c%13c6c6c7c7c9c9c%14c%10c%10c%11c%11c%12c%12c3c3c5c5c%13c%13c6c6c7c9c7c9c%14c%10c%10c%11c%11c%12c3c3c5c5c%13c6c7c6c9c%10c%11c3c56)C824)cc1. The molecule has 79 heavy (non-hydrogen) atoms. The lowest BCUT2D eigenvalue weighted by Gasteiger charge is -2.59. The summed E-state index contributed by atoms with van der Waals surface area (Å²) in [6.07, 6.45) is 2.15.